The van der Waals surface area contributed by atoms with Crippen molar-refractivity contribution in [1.82, 2.24) is 15.0 Å². The van der Waals surface area contributed by atoms with Gasteiger partial charge in [-0.2, -0.15) is 0 Å². The molecule has 6 nitrogen and oxygen atoms in total. The summed E-state index contributed by atoms with van der Waals surface area (Å²) in [5, 5.41) is 8.85. The van der Waals surface area contributed by atoms with E-state index in [1.165, 1.54) is 12.3 Å². The smallest absolute Gasteiger partial charge is 0.337 e. The lowest BCUT2D eigenvalue weighted by Gasteiger charge is -1.91. The minimum absolute atomic E-state index is 0.125. The maximum atomic E-state index is 10.8. The number of pyridine rings is 1. The first kappa shape index (κ1) is 9.59. The number of hydrogen-bond donors (Lipinski definition) is 2. The van der Waals surface area contributed by atoms with E-state index in [-0.39, 0.29) is 5.56 Å². The molecule has 6 heteroatoms. The van der Waals surface area contributed by atoms with E-state index in [0.717, 1.165) is 5.56 Å². The van der Waals surface area contributed by atoms with E-state index >= 15 is 0 Å². The Labute approximate surface area is 94.9 Å². The minimum atomic E-state index is -1.01. The number of nitrogens with zero attached hydrogens (tertiary/aromatic N) is 2. The Morgan fingerprint density at radius 1 is 1.47 bits per heavy atom. The third-order valence-electron chi connectivity index (χ3n) is 2.38. The van der Waals surface area contributed by atoms with E-state index in [4.69, 9.17) is 9.52 Å². The number of aromatic amines is 1. The summed E-state index contributed by atoms with van der Waals surface area (Å²) < 4.78 is 4.95. The van der Waals surface area contributed by atoms with Gasteiger partial charge in [-0.25, -0.2) is 14.8 Å². The first-order chi connectivity index (χ1) is 8.24. The third kappa shape index (κ3) is 1.55. The van der Waals surface area contributed by atoms with Crippen LogP contribution in [-0.2, 0) is 0 Å². The van der Waals surface area contributed by atoms with Crippen molar-refractivity contribution in [3.05, 3.63) is 36.4 Å². The Hall–Kier alpha value is -2.63. The second-order valence-corrected chi connectivity index (χ2v) is 3.50. The number of hydrogen-bond acceptors (Lipinski definition) is 4. The summed E-state index contributed by atoms with van der Waals surface area (Å²) >= 11 is 0. The molecule has 0 aliphatic rings. The molecule has 0 saturated carbocycles. The molecule has 0 saturated heterocycles. The van der Waals surface area contributed by atoms with Crippen molar-refractivity contribution in [3.8, 4) is 11.4 Å². The third-order valence-corrected chi connectivity index (χ3v) is 2.38. The largest absolute Gasteiger partial charge is 0.478 e. The standard InChI is InChI=1S/C11H7N3O3/c15-11(16)7-3-8-10(12-4-7)14-9(13-8)6-1-2-17-5-6/h1-5H,(H,15,16)(H,12,13,14). The zero-order valence-corrected chi connectivity index (χ0v) is 8.54. The molecule has 0 unspecified atom stereocenters. The van der Waals surface area contributed by atoms with Gasteiger partial charge in [-0.15, -0.1) is 0 Å². The topological polar surface area (TPSA) is 92.0 Å². The summed E-state index contributed by atoms with van der Waals surface area (Å²) in [5.41, 5.74) is 1.98. The monoisotopic (exact) mass is 229 g/mol. The Kier molecular flexibility index (Phi) is 1.94. The highest BCUT2D eigenvalue weighted by Crippen LogP contribution is 2.20. The Morgan fingerprint density at radius 2 is 2.35 bits per heavy atom. The number of furan rings is 1. The fraction of sp³-hybridized carbons (Fsp3) is 0. The first-order valence-corrected chi connectivity index (χ1v) is 4.85. The van der Waals surface area contributed by atoms with Gasteiger partial charge in [0.15, 0.2) is 5.65 Å². The zero-order chi connectivity index (χ0) is 11.8. The van der Waals surface area contributed by atoms with Gasteiger partial charge in [0.2, 0.25) is 0 Å². The van der Waals surface area contributed by atoms with Crippen LogP contribution < -0.4 is 0 Å². The number of nitrogens with one attached hydrogen (secondary N) is 1. The summed E-state index contributed by atoms with van der Waals surface area (Å²) in [4.78, 5) is 22.0. The summed E-state index contributed by atoms with van der Waals surface area (Å²) in [6.07, 6.45) is 4.37. The predicted molar refractivity (Wildman–Crippen MR) is 58.6 cm³/mol. The lowest BCUT2D eigenvalue weighted by Crippen LogP contribution is -1.96. The number of carboxylic acids is 1. The van der Waals surface area contributed by atoms with Crippen LogP contribution in [0.1, 0.15) is 10.4 Å². The summed E-state index contributed by atoms with van der Waals surface area (Å²) in [5.74, 6) is -0.414. The van der Waals surface area contributed by atoms with Crippen LogP contribution in [-0.4, -0.2) is 26.0 Å². The van der Waals surface area contributed by atoms with Gasteiger partial charge < -0.3 is 14.5 Å². The number of imidazole rings is 1. The molecule has 17 heavy (non-hydrogen) atoms. The summed E-state index contributed by atoms with van der Waals surface area (Å²) in [6, 6.07) is 3.26. The molecule has 0 bridgehead atoms. The van der Waals surface area contributed by atoms with Crippen molar-refractivity contribution in [1.29, 1.82) is 0 Å². The number of carboxylic acid groups (broad SMARTS) is 1. The van der Waals surface area contributed by atoms with Crippen LogP contribution in [0, 0.1) is 0 Å². The number of H-pyrrole nitrogens is 1. The Balaban J connectivity index is 2.16. The molecular weight excluding hydrogens is 222 g/mol. The van der Waals surface area contributed by atoms with E-state index < -0.39 is 5.97 Å². The van der Waals surface area contributed by atoms with Crippen molar-refractivity contribution < 1.29 is 14.3 Å². The summed E-state index contributed by atoms with van der Waals surface area (Å²) in [6.45, 7) is 0. The second kappa shape index (κ2) is 3.44. The van der Waals surface area contributed by atoms with Gasteiger partial charge in [-0.1, -0.05) is 0 Å². The highest BCUT2D eigenvalue weighted by molar-refractivity contribution is 5.91. The number of aromatic carboxylic acids is 1. The molecule has 0 radical (unpaired) electrons. The molecule has 0 spiro atoms. The fourth-order valence-electron chi connectivity index (χ4n) is 1.55. The highest BCUT2D eigenvalue weighted by Gasteiger charge is 2.10. The average molecular weight is 229 g/mol. The van der Waals surface area contributed by atoms with Crippen LogP contribution in [0.2, 0.25) is 0 Å². The number of carbonyl (C=O) groups is 1. The number of aromatic nitrogens is 3. The van der Waals surface area contributed by atoms with Crippen molar-refractivity contribution >= 4 is 17.1 Å². The number of rotatable bonds is 2. The van der Waals surface area contributed by atoms with Gasteiger partial charge >= 0.3 is 5.97 Å². The van der Waals surface area contributed by atoms with Gasteiger partial charge in [0.05, 0.1) is 22.9 Å². The minimum Gasteiger partial charge on any atom is -0.478 e. The molecular formula is C11H7N3O3. The van der Waals surface area contributed by atoms with E-state index in [1.807, 2.05) is 0 Å². The lowest BCUT2D eigenvalue weighted by molar-refractivity contribution is 0.0696. The molecule has 0 aliphatic carbocycles. The highest BCUT2D eigenvalue weighted by atomic mass is 16.4. The molecule has 0 aromatic carbocycles. The van der Waals surface area contributed by atoms with Crippen LogP contribution in [0.4, 0.5) is 0 Å². The van der Waals surface area contributed by atoms with Crippen molar-refractivity contribution in [2.24, 2.45) is 0 Å². The van der Waals surface area contributed by atoms with Gasteiger partial charge in [0, 0.05) is 6.20 Å². The Bertz CT molecular complexity index is 685. The van der Waals surface area contributed by atoms with Gasteiger partial charge in [-0.3, -0.25) is 0 Å². The van der Waals surface area contributed by atoms with Gasteiger partial charge in [0.25, 0.3) is 0 Å². The molecule has 0 aliphatic heterocycles. The zero-order valence-electron chi connectivity index (χ0n) is 8.54. The average Bonchev–Trinajstić information content (AvgIpc) is 2.96. The van der Waals surface area contributed by atoms with Gasteiger partial charge in [-0.05, 0) is 12.1 Å². The quantitative estimate of drug-likeness (QED) is 0.700. The van der Waals surface area contributed by atoms with E-state index in [9.17, 15) is 4.79 Å². The number of fused-ring (bicyclic) bond motifs is 1. The van der Waals surface area contributed by atoms with Crippen molar-refractivity contribution in [3.63, 3.8) is 0 Å². The Morgan fingerprint density at radius 3 is 3.06 bits per heavy atom. The van der Waals surface area contributed by atoms with E-state index in [1.54, 1.807) is 18.6 Å². The maximum absolute atomic E-state index is 10.8. The van der Waals surface area contributed by atoms with E-state index in [0.29, 0.717) is 17.0 Å². The molecule has 0 fully saturated rings. The molecule has 2 N–H and O–H groups in total. The van der Waals surface area contributed by atoms with Gasteiger partial charge in [0.1, 0.15) is 12.1 Å². The van der Waals surface area contributed by atoms with Crippen LogP contribution in [0.15, 0.2) is 35.3 Å². The second-order valence-electron chi connectivity index (χ2n) is 3.50. The van der Waals surface area contributed by atoms with Crippen LogP contribution in [0.5, 0.6) is 0 Å². The fourth-order valence-corrected chi connectivity index (χ4v) is 1.55. The van der Waals surface area contributed by atoms with Crippen molar-refractivity contribution in [2.45, 2.75) is 0 Å². The molecule has 3 aromatic rings. The van der Waals surface area contributed by atoms with Crippen molar-refractivity contribution in [2.75, 3.05) is 0 Å². The maximum Gasteiger partial charge on any atom is 0.337 e. The molecule has 84 valence electrons. The predicted octanol–water partition coefficient (Wildman–Crippen LogP) is 1.92. The summed E-state index contributed by atoms with van der Waals surface area (Å²) in [7, 11) is 0. The molecule has 3 rings (SSSR count). The first-order valence-electron chi connectivity index (χ1n) is 4.85. The normalized spacial score (nSPS) is 10.8. The van der Waals surface area contributed by atoms with Crippen LogP contribution in [0.25, 0.3) is 22.6 Å². The molecule has 0 atom stereocenters. The lowest BCUT2D eigenvalue weighted by atomic mass is 10.3. The molecule has 3 heterocycles. The van der Waals surface area contributed by atoms with E-state index in [2.05, 4.69) is 15.0 Å². The van der Waals surface area contributed by atoms with Crippen LogP contribution >= 0.6 is 0 Å². The SMILES string of the molecule is O=C(O)c1cnc2nc(-c3ccoc3)[nH]c2c1. The molecule has 3 aromatic heterocycles. The van der Waals surface area contributed by atoms with Crippen LogP contribution in [0.3, 0.4) is 0 Å². The molecule has 0 amide bonds.